The molecule has 0 aromatic carbocycles. The molecule has 1 amide bonds. The molecular weight excluding hydrogens is 269 g/mol. The molecule has 3 aliphatic rings. The van der Waals surface area contributed by atoms with Crippen LogP contribution in [0.25, 0.3) is 0 Å². The summed E-state index contributed by atoms with van der Waals surface area (Å²) in [6.45, 7) is -1.11. The van der Waals surface area contributed by atoms with Crippen LogP contribution >= 0.6 is 0 Å². The van der Waals surface area contributed by atoms with Gasteiger partial charge in [0.05, 0.1) is 11.7 Å². The molecule has 114 valence electrons. The molecule has 0 bridgehead atoms. The summed E-state index contributed by atoms with van der Waals surface area (Å²) in [6, 6.07) is 0. The molecule has 0 aromatic heterocycles. The van der Waals surface area contributed by atoms with Gasteiger partial charge >= 0.3 is 6.18 Å². The van der Waals surface area contributed by atoms with Crippen LogP contribution in [-0.4, -0.2) is 35.2 Å². The van der Waals surface area contributed by atoms with Crippen molar-refractivity contribution in [3.63, 3.8) is 0 Å². The summed E-state index contributed by atoms with van der Waals surface area (Å²) < 4.78 is 38.4. The molecule has 20 heavy (non-hydrogen) atoms. The molecule has 0 aromatic rings. The number of halogens is 3. The molecule has 3 fully saturated rings. The summed E-state index contributed by atoms with van der Waals surface area (Å²) in [5, 5.41) is 3.31. The first-order valence-electron chi connectivity index (χ1n) is 7.57. The Morgan fingerprint density at radius 3 is 2.30 bits per heavy atom. The normalized spacial score (nSPS) is 30.9. The third kappa shape index (κ3) is 2.43. The van der Waals surface area contributed by atoms with Crippen LogP contribution in [0.4, 0.5) is 13.2 Å². The lowest BCUT2D eigenvalue weighted by molar-refractivity contribution is -0.164. The van der Waals surface area contributed by atoms with Gasteiger partial charge in [-0.1, -0.05) is 25.7 Å². The van der Waals surface area contributed by atoms with Crippen LogP contribution in [0.1, 0.15) is 51.4 Å². The van der Waals surface area contributed by atoms with Crippen molar-refractivity contribution in [2.24, 2.45) is 5.92 Å². The molecular formula is C14H21F3N2O. The zero-order valence-electron chi connectivity index (χ0n) is 11.5. The van der Waals surface area contributed by atoms with Crippen molar-refractivity contribution in [3.8, 4) is 0 Å². The highest BCUT2D eigenvalue weighted by Gasteiger charge is 2.56. The van der Waals surface area contributed by atoms with E-state index in [2.05, 4.69) is 5.32 Å². The number of nitrogens with one attached hydrogen (secondary N) is 1. The predicted octanol–water partition coefficient (Wildman–Crippen LogP) is 2.81. The molecule has 6 heteroatoms. The lowest BCUT2D eigenvalue weighted by Gasteiger charge is -2.29. The molecule has 3 rings (SSSR count). The zero-order valence-corrected chi connectivity index (χ0v) is 11.5. The number of hydrogen-bond donors (Lipinski definition) is 1. The fraction of sp³-hybridized carbons (Fsp3) is 0.929. The van der Waals surface area contributed by atoms with Gasteiger partial charge in [0.2, 0.25) is 5.91 Å². The van der Waals surface area contributed by atoms with Crippen molar-refractivity contribution in [2.45, 2.75) is 69.2 Å². The minimum absolute atomic E-state index is 0.182. The first kappa shape index (κ1) is 14.2. The first-order chi connectivity index (χ1) is 9.41. The van der Waals surface area contributed by atoms with E-state index in [1.807, 2.05) is 0 Å². The van der Waals surface area contributed by atoms with Crippen molar-refractivity contribution >= 4 is 5.91 Å². The lowest BCUT2D eigenvalue weighted by Crippen LogP contribution is -2.47. The first-order valence-corrected chi connectivity index (χ1v) is 7.57. The van der Waals surface area contributed by atoms with Gasteiger partial charge in [0.25, 0.3) is 0 Å². The molecule has 3 nitrogen and oxygen atoms in total. The van der Waals surface area contributed by atoms with Crippen molar-refractivity contribution in [2.75, 3.05) is 6.54 Å². The number of amides is 1. The monoisotopic (exact) mass is 290 g/mol. The van der Waals surface area contributed by atoms with E-state index < -0.39 is 24.4 Å². The highest BCUT2D eigenvalue weighted by atomic mass is 19.4. The van der Waals surface area contributed by atoms with Crippen LogP contribution < -0.4 is 5.32 Å². The van der Waals surface area contributed by atoms with Gasteiger partial charge < -0.3 is 4.90 Å². The Kier molecular flexibility index (Phi) is 3.47. The standard InChI is InChI=1S/C14H21F3N2O/c15-14(16,17)9-19-11(10-5-1-2-6-10)18-13(12(19)20)7-3-4-8-13/h10-11,18H,1-9H2. The molecule has 1 N–H and O–H groups in total. The van der Waals surface area contributed by atoms with Gasteiger partial charge in [0, 0.05) is 0 Å². The molecule has 1 saturated heterocycles. The van der Waals surface area contributed by atoms with E-state index >= 15 is 0 Å². The number of carbonyl (C=O) groups is 1. The van der Waals surface area contributed by atoms with Crippen molar-refractivity contribution in [1.29, 1.82) is 0 Å². The fourth-order valence-electron chi connectivity index (χ4n) is 4.17. The summed E-state index contributed by atoms with van der Waals surface area (Å²) in [6.07, 6.45) is 2.46. The van der Waals surface area contributed by atoms with E-state index in [0.717, 1.165) is 43.4 Å². The smallest absolute Gasteiger partial charge is 0.316 e. The van der Waals surface area contributed by atoms with Crippen molar-refractivity contribution in [1.82, 2.24) is 10.2 Å². The maximum absolute atomic E-state index is 12.8. The molecule has 1 unspecified atom stereocenters. The second-order valence-electron chi connectivity index (χ2n) is 6.47. The number of carbonyl (C=O) groups excluding carboxylic acids is 1. The topological polar surface area (TPSA) is 32.3 Å². The fourth-order valence-corrected chi connectivity index (χ4v) is 4.17. The van der Waals surface area contributed by atoms with Crippen LogP contribution in [0, 0.1) is 5.92 Å². The summed E-state index contributed by atoms with van der Waals surface area (Å²) >= 11 is 0. The van der Waals surface area contributed by atoms with Gasteiger partial charge in [-0.25, -0.2) is 0 Å². The average Bonchev–Trinajstić information content (AvgIpc) is 3.06. The van der Waals surface area contributed by atoms with Crippen LogP contribution in [0.5, 0.6) is 0 Å². The van der Waals surface area contributed by atoms with Gasteiger partial charge in [-0.2, -0.15) is 13.2 Å². The van der Waals surface area contributed by atoms with Gasteiger partial charge in [-0.05, 0) is 31.6 Å². The number of rotatable bonds is 2. The largest absolute Gasteiger partial charge is 0.406 e. The van der Waals surface area contributed by atoms with E-state index in [0.29, 0.717) is 12.8 Å². The molecule has 1 spiro atoms. The third-order valence-corrected chi connectivity index (χ3v) is 5.08. The van der Waals surface area contributed by atoms with Crippen LogP contribution in [0.3, 0.4) is 0 Å². The molecule has 1 atom stereocenters. The molecule has 1 heterocycles. The summed E-state index contributed by atoms with van der Waals surface area (Å²) in [7, 11) is 0. The number of hydrogen-bond acceptors (Lipinski definition) is 2. The summed E-state index contributed by atoms with van der Waals surface area (Å²) in [4.78, 5) is 13.6. The lowest BCUT2D eigenvalue weighted by atomic mass is 9.97. The SMILES string of the molecule is O=C1N(CC(F)(F)F)C(C2CCCC2)NC12CCCC2. The predicted molar refractivity (Wildman–Crippen MR) is 67.8 cm³/mol. The maximum Gasteiger partial charge on any atom is 0.406 e. The Morgan fingerprint density at radius 1 is 1.15 bits per heavy atom. The van der Waals surface area contributed by atoms with Crippen molar-refractivity contribution < 1.29 is 18.0 Å². The molecule has 1 aliphatic heterocycles. The van der Waals surface area contributed by atoms with E-state index in [1.165, 1.54) is 0 Å². The quantitative estimate of drug-likeness (QED) is 0.848. The summed E-state index contributed by atoms with van der Waals surface area (Å²) in [5.74, 6) is -0.134. The average molecular weight is 290 g/mol. The Balaban J connectivity index is 1.83. The van der Waals surface area contributed by atoms with Gasteiger partial charge in [0.15, 0.2) is 0 Å². The van der Waals surface area contributed by atoms with Gasteiger partial charge in [-0.3, -0.25) is 10.1 Å². The van der Waals surface area contributed by atoms with E-state index in [-0.39, 0.29) is 11.8 Å². The zero-order chi connectivity index (χ0) is 14.4. The maximum atomic E-state index is 12.8. The second kappa shape index (κ2) is 4.90. The number of nitrogens with zero attached hydrogens (tertiary/aromatic N) is 1. The van der Waals surface area contributed by atoms with Crippen molar-refractivity contribution in [3.05, 3.63) is 0 Å². The Labute approximate surface area is 116 Å². The second-order valence-corrected chi connectivity index (χ2v) is 6.47. The van der Waals surface area contributed by atoms with E-state index in [1.54, 1.807) is 0 Å². The molecule has 2 aliphatic carbocycles. The Morgan fingerprint density at radius 2 is 1.75 bits per heavy atom. The third-order valence-electron chi connectivity index (χ3n) is 5.08. The van der Waals surface area contributed by atoms with E-state index in [9.17, 15) is 18.0 Å². The van der Waals surface area contributed by atoms with Crippen LogP contribution in [0.15, 0.2) is 0 Å². The highest BCUT2D eigenvalue weighted by molar-refractivity contribution is 5.89. The molecule has 0 radical (unpaired) electrons. The van der Waals surface area contributed by atoms with Gasteiger partial charge in [0.1, 0.15) is 6.54 Å². The van der Waals surface area contributed by atoms with Crippen LogP contribution in [-0.2, 0) is 4.79 Å². The highest BCUT2D eigenvalue weighted by Crippen LogP contribution is 2.41. The Hall–Kier alpha value is -0.780. The van der Waals surface area contributed by atoms with Crippen LogP contribution in [0.2, 0.25) is 0 Å². The van der Waals surface area contributed by atoms with Gasteiger partial charge in [-0.15, -0.1) is 0 Å². The number of alkyl halides is 3. The molecule has 2 saturated carbocycles. The minimum Gasteiger partial charge on any atom is -0.316 e. The minimum atomic E-state index is -4.32. The van der Waals surface area contributed by atoms with E-state index in [4.69, 9.17) is 0 Å². The Bertz CT molecular complexity index is 384. The summed E-state index contributed by atoms with van der Waals surface area (Å²) in [5.41, 5.74) is -0.696.